The van der Waals surface area contributed by atoms with Crippen molar-refractivity contribution in [2.75, 3.05) is 14.2 Å². The first-order valence-corrected chi connectivity index (χ1v) is 14.6. The molecule has 38 heavy (non-hydrogen) atoms. The highest BCUT2D eigenvalue weighted by atomic mass is 32.2. The van der Waals surface area contributed by atoms with Crippen molar-refractivity contribution < 1.29 is 22.7 Å². The van der Waals surface area contributed by atoms with E-state index in [-0.39, 0.29) is 17.4 Å². The van der Waals surface area contributed by atoms with Crippen molar-refractivity contribution in [3.63, 3.8) is 0 Å². The number of methoxy groups -OCH3 is 1. The van der Waals surface area contributed by atoms with Crippen LogP contribution in [0.1, 0.15) is 71.8 Å². The van der Waals surface area contributed by atoms with Gasteiger partial charge in [0.25, 0.3) is 5.91 Å². The molecule has 2 atom stereocenters. The summed E-state index contributed by atoms with van der Waals surface area (Å²) in [5.74, 6) is 0.0256. The predicted molar refractivity (Wildman–Crippen MR) is 144 cm³/mol. The van der Waals surface area contributed by atoms with Crippen LogP contribution in [-0.4, -0.2) is 39.0 Å². The summed E-state index contributed by atoms with van der Waals surface area (Å²) in [6, 6.07) is 11.4. The fraction of sp³-hybridized carbons (Fsp3) is 0.429. The van der Waals surface area contributed by atoms with Gasteiger partial charge in [0, 0.05) is 41.5 Å². The van der Waals surface area contributed by atoms with Gasteiger partial charge in [0.15, 0.2) is 0 Å². The normalized spacial score (nSPS) is 22.6. The lowest BCUT2D eigenvalue weighted by Crippen LogP contribution is -2.38. The lowest BCUT2D eigenvalue weighted by Gasteiger charge is -2.24. The summed E-state index contributed by atoms with van der Waals surface area (Å²) in [6.07, 6.45) is 6.33. The van der Waals surface area contributed by atoms with Crippen molar-refractivity contribution in [2.45, 2.75) is 56.9 Å². The highest BCUT2D eigenvalue weighted by Crippen LogP contribution is 2.65. The van der Waals surface area contributed by atoms with E-state index in [0.717, 1.165) is 59.2 Å². The van der Waals surface area contributed by atoms with Gasteiger partial charge in [0.2, 0.25) is 5.91 Å². The molecule has 0 bridgehead atoms. The molecule has 10 heteroatoms. The highest BCUT2D eigenvalue weighted by Gasteiger charge is 2.62. The first kappa shape index (κ1) is 24.9. The number of nitrogens with zero attached hydrogens (tertiary/aromatic N) is 1. The molecule has 0 spiro atoms. The predicted octanol–water partition coefficient (Wildman–Crippen LogP) is 3.53. The van der Waals surface area contributed by atoms with Gasteiger partial charge < -0.3 is 15.0 Å². The fourth-order valence-electron chi connectivity index (χ4n) is 6.70. The van der Waals surface area contributed by atoms with Crippen LogP contribution >= 0.6 is 0 Å². The van der Waals surface area contributed by atoms with E-state index in [1.54, 1.807) is 19.2 Å². The first-order valence-electron chi connectivity index (χ1n) is 13.1. The molecule has 2 fully saturated rings. The number of fused-ring (bicyclic) bond motifs is 7. The molecule has 2 aromatic carbocycles. The zero-order chi connectivity index (χ0) is 26.8. The summed E-state index contributed by atoms with van der Waals surface area (Å²) in [5, 5.41) is 1.03. The van der Waals surface area contributed by atoms with Gasteiger partial charge in [-0.25, -0.2) is 9.44 Å². The number of benzene rings is 2. The molecule has 0 radical (unpaired) electrons. The molecule has 1 aromatic heterocycles. The Labute approximate surface area is 221 Å². The number of carbonyl (C=O) groups is 2. The molecule has 9 nitrogen and oxygen atoms in total. The van der Waals surface area contributed by atoms with E-state index in [0.29, 0.717) is 18.9 Å². The Balaban J connectivity index is 1.62. The zero-order valence-electron chi connectivity index (χ0n) is 21.5. The first-order chi connectivity index (χ1) is 18.2. The summed E-state index contributed by atoms with van der Waals surface area (Å²) in [7, 11) is -1.08. The minimum Gasteiger partial charge on any atom is -0.497 e. The van der Waals surface area contributed by atoms with Crippen LogP contribution in [0.25, 0.3) is 22.2 Å². The molecule has 2 aliphatic carbocycles. The number of ether oxygens (including phenoxy) is 1. The Kier molecular flexibility index (Phi) is 5.80. The van der Waals surface area contributed by atoms with Gasteiger partial charge in [-0.2, -0.15) is 8.42 Å². The van der Waals surface area contributed by atoms with E-state index in [1.165, 1.54) is 19.0 Å². The van der Waals surface area contributed by atoms with Crippen molar-refractivity contribution in [3.8, 4) is 17.0 Å². The summed E-state index contributed by atoms with van der Waals surface area (Å²) in [4.78, 5) is 25.8. The smallest absolute Gasteiger partial charge is 0.301 e. The number of carbonyl (C=O) groups excluding carboxylic acids is 2. The third kappa shape index (κ3) is 3.80. The van der Waals surface area contributed by atoms with Crippen LogP contribution in [0, 0.1) is 5.41 Å². The third-order valence-electron chi connectivity index (χ3n) is 8.77. The standard InChI is InChI=1S/C28H32N4O5S/c1-30-38(35,36)31-26(33)17-8-10-20-23(12-17)32-15-28(27(29)34)14-22(28)21-13-18(37-2)9-11-19(21)25(32)24(20)16-6-4-3-5-7-16/h8-13,16,22,30H,3-7,14-15H2,1-2H3,(H2,29,34)(H,31,33). The van der Waals surface area contributed by atoms with E-state index in [4.69, 9.17) is 10.5 Å². The third-order valence-corrected chi connectivity index (χ3v) is 9.76. The van der Waals surface area contributed by atoms with E-state index < -0.39 is 21.5 Å². The molecule has 2 amide bonds. The minimum absolute atomic E-state index is 0.00786. The van der Waals surface area contributed by atoms with Gasteiger partial charge in [-0.1, -0.05) is 25.3 Å². The molecule has 0 saturated heterocycles. The molecule has 4 N–H and O–H groups in total. The van der Waals surface area contributed by atoms with Crippen LogP contribution in [0.4, 0.5) is 0 Å². The van der Waals surface area contributed by atoms with Gasteiger partial charge in [0.05, 0.1) is 18.2 Å². The molecule has 2 saturated carbocycles. The fourth-order valence-corrected chi connectivity index (χ4v) is 7.16. The Bertz CT molecular complexity index is 1590. The summed E-state index contributed by atoms with van der Waals surface area (Å²) in [5.41, 5.74) is 10.8. The van der Waals surface area contributed by atoms with Gasteiger partial charge >= 0.3 is 10.2 Å². The molecule has 6 rings (SSSR count). The van der Waals surface area contributed by atoms with Crippen LogP contribution in [0.5, 0.6) is 5.75 Å². The van der Waals surface area contributed by atoms with Crippen LogP contribution in [-0.2, 0) is 21.5 Å². The summed E-state index contributed by atoms with van der Waals surface area (Å²) >= 11 is 0. The Morgan fingerprint density at radius 2 is 1.87 bits per heavy atom. The van der Waals surface area contributed by atoms with Crippen LogP contribution in [0.15, 0.2) is 36.4 Å². The lowest BCUT2D eigenvalue weighted by atomic mass is 9.81. The average molecular weight is 537 g/mol. The van der Waals surface area contributed by atoms with Crippen molar-refractivity contribution in [1.82, 2.24) is 14.0 Å². The average Bonchev–Trinajstić information content (AvgIpc) is 3.59. The van der Waals surface area contributed by atoms with E-state index >= 15 is 0 Å². The monoisotopic (exact) mass is 536 g/mol. The number of rotatable bonds is 6. The number of nitrogens with two attached hydrogens (primary N) is 1. The van der Waals surface area contributed by atoms with Crippen LogP contribution in [0.2, 0.25) is 0 Å². The molecule has 3 aliphatic rings. The van der Waals surface area contributed by atoms with Crippen LogP contribution in [0.3, 0.4) is 0 Å². The zero-order valence-corrected chi connectivity index (χ0v) is 22.4. The second kappa shape index (κ2) is 8.84. The Morgan fingerprint density at radius 1 is 1.11 bits per heavy atom. The maximum Gasteiger partial charge on any atom is 0.301 e. The number of nitrogens with one attached hydrogen (secondary N) is 2. The molecule has 200 valence electrons. The van der Waals surface area contributed by atoms with Crippen molar-refractivity contribution in [2.24, 2.45) is 11.1 Å². The Hall–Kier alpha value is -3.37. The molecule has 3 aromatic rings. The number of primary amides is 1. The van der Waals surface area contributed by atoms with E-state index in [2.05, 4.69) is 15.4 Å². The van der Waals surface area contributed by atoms with Gasteiger partial charge in [-0.3, -0.25) is 9.59 Å². The van der Waals surface area contributed by atoms with Gasteiger partial charge in [0.1, 0.15) is 5.75 Å². The van der Waals surface area contributed by atoms with Crippen molar-refractivity contribution in [3.05, 3.63) is 53.1 Å². The quantitative estimate of drug-likeness (QED) is 0.443. The minimum atomic E-state index is -3.95. The van der Waals surface area contributed by atoms with E-state index in [1.807, 2.05) is 22.9 Å². The summed E-state index contributed by atoms with van der Waals surface area (Å²) < 4.78 is 35.8. The molecule has 1 aliphatic heterocycles. The number of aromatic nitrogens is 1. The van der Waals surface area contributed by atoms with Crippen molar-refractivity contribution >= 4 is 32.9 Å². The van der Waals surface area contributed by atoms with Crippen LogP contribution < -0.4 is 19.9 Å². The summed E-state index contributed by atoms with van der Waals surface area (Å²) in [6.45, 7) is 0.405. The second-order valence-corrected chi connectivity index (χ2v) is 12.4. The topological polar surface area (TPSA) is 133 Å². The van der Waals surface area contributed by atoms with Gasteiger partial charge in [-0.05, 0) is 66.6 Å². The second-order valence-electron chi connectivity index (χ2n) is 10.8. The number of amides is 2. The SMILES string of the molecule is CNS(=O)(=O)NC(=O)c1ccc2c(C3CCCCC3)c3n(c2c1)CC1(C(N)=O)CC1c1cc(OC)ccc1-3. The highest BCUT2D eigenvalue weighted by molar-refractivity contribution is 7.88. The maximum atomic E-state index is 12.9. The van der Waals surface area contributed by atoms with Gasteiger partial charge in [-0.15, -0.1) is 0 Å². The maximum absolute atomic E-state index is 12.9. The molecular formula is C28H32N4O5S. The van der Waals surface area contributed by atoms with Crippen molar-refractivity contribution in [1.29, 1.82) is 0 Å². The van der Waals surface area contributed by atoms with E-state index in [9.17, 15) is 18.0 Å². The number of hydrogen-bond acceptors (Lipinski definition) is 5. The largest absolute Gasteiger partial charge is 0.497 e. The molecule has 2 heterocycles. The molecular weight excluding hydrogens is 504 g/mol. The lowest BCUT2D eigenvalue weighted by molar-refractivity contribution is -0.123. The molecule has 2 unspecified atom stereocenters. The number of hydrogen-bond donors (Lipinski definition) is 3. The Morgan fingerprint density at radius 3 is 2.55 bits per heavy atom.